The minimum Gasteiger partial charge on any atom is -0.381 e. The number of carbonyl (C=O) groups is 2. The highest BCUT2D eigenvalue weighted by atomic mass is 16.5. The van der Waals surface area contributed by atoms with Crippen LogP contribution in [0.2, 0.25) is 0 Å². The molecule has 2 N–H and O–H groups in total. The van der Waals surface area contributed by atoms with Crippen molar-refractivity contribution in [3.05, 3.63) is 0 Å². The SMILES string of the molecule is CC(C)(CCOCCCOCCC(C)(C)C(=O)NC#N)C(=O)NC#N. The molecule has 25 heavy (non-hydrogen) atoms. The van der Waals surface area contributed by atoms with Gasteiger partial charge in [-0.1, -0.05) is 27.7 Å². The molecule has 0 aliphatic carbocycles. The Morgan fingerprint density at radius 3 is 1.48 bits per heavy atom. The second-order valence-electron chi connectivity index (χ2n) is 6.98. The molecule has 0 aromatic rings. The summed E-state index contributed by atoms with van der Waals surface area (Å²) in [6.07, 6.45) is 5.00. The molecule has 0 aromatic heterocycles. The standard InChI is InChI=1S/C17H28N4O4/c1-16(2,14(22)20-12-18)6-10-24-8-5-9-25-11-7-17(3,4)15(23)21-13-19/h5-11H2,1-4H3,(H,20,22)(H,21,23). The number of amides is 2. The van der Waals surface area contributed by atoms with E-state index in [9.17, 15) is 9.59 Å². The quantitative estimate of drug-likeness (QED) is 0.311. The zero-order chi connectivity index (χ0) is 19.3. The molecule has 0 aliphatic rings. The lowest BCUT2D eigenvalue weighted by Gasteiger charge is -2.21. The Labute approximate surface area is 149 Å². The van der Waals surface area contributed by atoms with Crippen LogP contribution in [0.25, 0.3) is 0 Å². The number of carbonyl (C=O) groups excluding carboxylic acids is 2. The molecule has 0 saturated heterocycles. The van der Waals surface area contributed by atoms with Crippen LogP contribution in [0.15, 0.2) is 0 Å². The smallest absolute Gasteiger partial charge is 0.238 e. The molecule has 0 spiro atoms. The first-order valence-electron chi connectivity index (χ1n) is 8.22. The molecule has 0 fully saturated rings. The summed E-state index contributed by atoms with van der Waals surface area (Å²) >= 11 is 0. The van der Waals surface area contributed by atoms with E-state index in [1.807, 2.05) is 0 Å². The van der Waals surface area contributed by atoms with Crippen LogP contribution in [0.3, 0.4) is 0 Å². The fourth-order valence-corrected chi connectivity index (χ4v) is 1.79. The number of nitriles is 2. The molecule has 0 radical (unpaired) electrons. The molecule has 8 nitrogen and oxygen atoms in total. The van der Waals surface area contributed by atoms with Crippen molar-refractivity contribution in [2.24, 2.45) is 10.8 Å². The molecule has 0 rings (SSSR count). The Morgan fingerprint density at radius 1 is 0.800 bits per heavy atom. The third-order valence-corrected chi connectivity index (χ3v) is 3.89. The maximum Gasteiger partial charge on any atom is 0.238 e. The number of hydrogen-bond acceptors (Lipinski definition) is 6. The van der Waals surface area contributed by atoms with Crippen LogP contribution in [0.5, 0.6) is 0 Å². The van der Waals surface area contributed by atoms with E-state index in [0.717, 1.165) is 0 Å². The number of hydrogen-bond donors (Lipinski definition) is 2. The molecule has 0 aromatic carbocycles. The van der Waals surface area contributed by atoms with Gasteiger partial charge in [-0.15, -0.1) is 0 Å². The van der Waals surface area contributed by atoms with Crippen LogP contribution in [-0.2, 0) is 19.1 Å². The van der Waals surface area contributed by atoms with Crippen LogP contribution in [0, 0.1) is 33.7 Å². The van der Waals surface area contributed by atoms with Gasteiger partial charge in [0.25, 0.3) is 0 Å². The van der Waals surface area contributed by atoms with Crippen molar-refractivity contribution < 1.29 is 19.1 Å². The van der Waals surface area contributed by atoms with Crippen molar-refractivity contribution >= 4 is 11.8 Å². The predicted octanol–water partition coefficient (Wildman–Crippen LogP) is 1.44. The summed E-state index contributed by atoms with van der Waals surface area (Å²) in [6.45, 7) is 8.91. The van der Waals surface area contributed by atoms with Crippen molar-refractivity contribution in [1.82, 2.24) is 10.6 Å². The van der Waals surface area contributed by atoms with E-state index in [1.54, 1.807) is 40.1 Å². The number of nitrogens with zero attached hydrogens (tertiary/aromatic N) is 2. The molecule has 0 aliphatic heterocycles. The van der Waals surface area contributed by atoms with Crippen LogP contribution in [0.4, 0.5) is 0 Å². The minimum atomic E-state index is -0.651. The summed E-state index contributed by atoms with van der Waals surface area (Å²) in [6, 6.07) is 0. The second-order valence-corrected chi connectivity index (χ2v) is 6.98. The summed E-state index contributed by atoms with van der Waals surface area (Å²) in [4.78, 5) is 23.2. The van der Waals surface area contributed by atoms with Crippen LogP contribution in [0.1, 0.15) is 47.0 Å². The van der Waals surface area contributed by atoms with E-state index in [1.165, 1.54) is 0 Å². The Hall–Kier alpha value is -2.16. The third-order valence-electron chi connectivity index (χ3n) is 3.89. The monoisotopic (exact) mass is 352 g/mol. The Bertz CT molecular complexity index is 472. The first-order valence-corrected chi connectivity index (χ1v) is 8.22. The molecule has 0 heterocycles. The fraction of sp³-hybridized carbons (Fsp3) is 0.765. The molecule has 2 amide bonds. The highest BCUT2D eigenvalue weighted by Gasteiger charge is 2.27. The van der Waals surface area contributed by atoms with Gasteiger partial charge in [-0.25, -0.2) is 0 Å². The third kappa shape index (κ3) is 9.65. The molecule has 0 atom stereocenters. The number of rotatable bonds is 12. The van der Waals surface area contributed by atoms with E-state index >= 15 is 0 Å². The highest BCUT2D eigenvalue weighted by Crippen LogP contribution is 2.21. The lowest BCUT2D eigenvalue weighted by molar-refractivity contribution is -0.129. The first kappa shape index (κ1) is 22.8. The second kappa shape index (κ2) is 11.4. The van der Waals surface area contributed by atoms with E-state index in [2.05, 4.69) is 10.6 Å². The Morgan fingerprint density at radius 2 is 1.16 bits per heavy atom. The van der Waals surface area contributed by atoms with Crippen molar-refractivity contribution in [3.63, 3.8) is 0 Å². The maximum absolute atomic E-state index is 11.6. The summed E-state index contributed by atoms with van der Waals surface area (Å²) in [5.74, 6) is -0.630. The van der Waals surface area contributed by atoms with Crippen LogP contribution < -0.4 is 10.6 Å². The normalized spacial score (nSPS) is 11.3. The lowest BCUT2D eigenvalue weighted by Crippen LogP contribution is -2.35. The molecular formula is C17H28N4O4. The van der Waals surface area contributed by atoms with E-state index in [-0.39, 0.29) is 11.8 Å². The summed E-state index contributed by atoms with van der Waals surface area (Å²) in [5, 5.41) is 21.2. The van der Waals surface area contributed by atoms with Crippen molar-refractivity contribution in [1.29, 1.82) is 10.5 Å². The topological polar surface area (TPSA) is 124 Å². The average Bonchev–Trinajstić information content (AvgIpc) is 2.53. The molecule has 0 unspecified atom stereocenters. The fourth-order valence-electron chi connectivity index (χ4n) is 1.79. The summed E-state index contributed by atoms with van der Waals surface area (Å²) < 4.78 is 10.9. The summed E-state index contributed by atoms with van der Waals surface area (Å²) in [5.41, 5.74) is -1.30. The van der Waals surface area contributed by atoms with Crippen LogP contribution >= 0.6 is 0 Å². The van der Waals surface area contributed by atoms with Gasteiger partial charge in [-0.3, -0.25) is 20.2 Å². The molecule has 8 heteroatoms. The zero-order valence-corrected chi connectivity index (χ0v) is 15.5. The number of ether oxygens (including phenoxy) is 2. The van der Waals surface area contributed by atoms with E-state index in [0.29, 0.717) is 45.7 Å². The van der Waals surface area contributed by atoms with Crippen LogP contribution in [-0.4, -0.2) is 38.2 Å². The Kier molecular flexibility index (Phi) is 10.4. The predicted molar refractivity (Wildman–Crippen MR) is 90.6 cm³/mol. The van der Waals surface area contributed by atoms with Gasteiger partial charge in [-0.05, 0) is 19.3 Å². The van der Waals surface area contributed by atoms with Gasteiger partial charge in [0, 0.05) is 37.3 Å². The Balaban J connectivity index is 3.72. The van der Waals surface area contributed by atoms with Gasteiger partial charge >= 0.3 is 0 Å². The largest absolute Gasteiger partial charge is 0.381 e. The van der Waals surface area contributed by atoms with Gasteiger partial charge in [-0.2, -0.15) is 10.5 Å². The van der Waals surface area contributed by atoms with Crippen molar-refractivity contribution in [2.45, 2.75) is 47.0 Å². The lowest BCUT2D eigenvalue weighted by atomic mass is 9.89. The average molecular weight is 352 g/mol. The molecule has 140 valence electrons. The first-order chi connectivity index (χ1) is 11.7. The van der Waals surface area contributed by atoms with Gasteiger partial charge in [0.2, 0.25) is 11.8 Å². The van der Waals surface area contributed by atoms with Gasteiger partial charge in [0.1, 0.15) is 0 Å². The van der Waals surface area contributed by atoms with Crippen molar-refractivity contribution in [3.8, 4) is 12.4 Å². The van der Waals surface area contributed by atoms with Crippen molar-refractivity contribution in [2.75, 3.05) is 26.4 Å². The van der Waals surface area contributed by atoms with Gasteiger partial charge in [0.05, 0.1) is 0 Å². The molecule has 0 bridgehead atoms. The molecular weight excluding hydrogens is 324 g/mol. The minimum absolute atomic E-state index is 0.315. The van der Waals surface area contributed by atoms with Gasteiger partial charge < -0.3 is 9.47 Å². The highest BCUT2D eigenvalue weighted by molar-refractivity contribution is 5.83. The van der Waals surface area contributed by atoms with E-state index in [4.69, 9.17) is 20.0 Å². The summed E-state index contributed by atoms with van der Waals surface area (Å²) in [7, 11) is 0. The molecule has 0 saturated carbocycles. The zero-order valence-electron chi connectivity index (χ0n) is 15.5. The number of nitrogens with one attached hydrogen (secondary N) is 2. The van der Waals surface area contributed by atoms with Gasteiger partial charge in [0.15, 0.2) is 12.4 Å². The maximum atomic E-state index is 11.6. The van der Waals surface area contributed by atoms with E-state index < -0.39 is 10.8 Å².